The Morgan fingerprint density at radius 3 is 2.56 bits per heavy atom. The SMILES string of the molecule is CC(C)[C@H](N)c1nc(-c2ccc(F)c(F)c2)no1. The van der Waals surface area contributed by atoms with Crippen molar-refractivity contribution in [2.24, 2.45) is 11.7 Å². The molecule has 6 heteroatoms. The van der Waals surface area contributed by atoms with E-state index in [0.717, 1.165) is 12.1 Å². The number of benzene rings is 1. The zero-order valence-corrected chi connectivity index (χ0v) is 10.0. The molecule has 2 aromatic rings. The number of aromatic nitrogens is 2. The summed E-state index contributed by atoms with van der Waals surface area (Å²) in [5.74, 6) is -1.25. The molecular formula is C12H13F2N3O. The van der Waals surface area contributed by atoms with Crippen molar-refractivity contribution in [2.75, 3.05) is 0 Å². The Labute approximate surface area is 103 Å². The molecule has 0 radical (unpaired) electrons. The van der Waals surface area contributed by atoms with E-state index in [-0.39, 0.29) is 23.7 Å². The summed E-state index contributed by atoms with van der Waals surface area (Å²) in [5, 5.41) is 3.71. The van der Waals surface area contributed by atoms with Gasteiger partial charge in [-0.15, -0.1) is 0 Å². The van der Waals surface area contributed by atoms with Crippen molar-refractivity contribution in [2.45, 2.75) is 19.9 Å². The van der Waals surface area contributed by atoms with Gasteiger partial charge in [0.05, 0.1) is 6.04 Å². The van der Waals surface area contributed by atoms with Crippen molar-refractivity contribution in [1.29, 1.82) is 0 Å². The first-order valence-corrected chi connectivity index (χ1v) is 5.53. The number of nitrogens with zero attached hydrogens (tertiary/aromatic N) is 2. The fraction of sp³-hybridized carbons (Fsp3) is 0.333. The Morgan fingerprint density at radius 2 is 1.94 bits per heavy atom. The van der Waals surface area contributed by atoms with E-state index in [0.29, 0.717) is 5.56 Å². The highest BCUT2D eigenvalue weighted by Crippen LogP contribution is 2.22. The van der Waals surface area contributed by atoms with Gasteiger partial charge in [-0.3, -0.25) is 0 Å². The molecule has 18 heavy (non-hydrogen) atoms. The first-order chi connectivity index (χ1) is 8.49. The van der Waals surface area contributed by atoms with Crippen LogP contribution in [0, 0.1) is 17.6 Å². The molecule has 0 spiro atoms. The van der Waals surface area contributed by atoms with Crippen LogP contribution in [0.1, 0.15) is 25.8 Å². The predicted molar refractivity (Wildman–Crippen MR) is 61.4 cm³/mol. The highest BCUT2D eigenvalue weighted by Gasteiger charge is 2.19. The van der Waals surface area contributed by atoms with Crippen LogP contribution in [0.3, 0.4) is 0 Å². The highest BCUT2D eigenvalue weighted by atomic mass is 19.2. The Balaban J connectivity index is 2.32. The average molecular weight is 253 g/mol. The Kier molecular flexibility index (Phi) is 3.38. The zero-order chi connectivity index (χ0) is 13.3. The average Bonchev–Trinajstić information content (AvgIpc) is 2.81. The molecule has 0 fully saturated rings. The van der Waals surface area contributed by atoms with Crippen molar-refractivity contribution in [1.82, 2.24) is 10.1 Å². The molecule has 0 bridgehead atoms. The highest BCUT2D eigenvalue weighted by molar-refractivity contribution is 5.54. The molecule has 2 rings (SSSR count). The zero-order valence-electron chi connectivity index (χ0n) is 10.0. The molecule has 0 saturated heterocycles. The molecule has 0 aliphatic carbocycles. The summed E-state index contributed by atoms with van der Waals surface area (Å²) in [6.45, 7) is 3.85. The molecule has 0 aliphatic rings. The molecule has 0 saturated carbocycles. The van der Waals surface area contributed by atoms with Gasteiger partial charge in [-0.05, 0) is 24.1 Å². The standard InChI is InChI=1S/C12H13F2N3O/c1-6(2)10(15)12-16-11(17-18-12)7-3-4-8(13)9(14)5-7/h3-6,10H,15H2,1-2H3/t10-/m0/s1. The Bertz CT molecular complexity index is 554. The minimum absolute atomic E-state index is 0.142. The maximum Gasteiger partial charge on any atom is 0.244 e. The lowest BCUT2D eigenvalue weighted by molar-refractivity contribution is 0.325. The Morgan fingerprint density at radius 1 is 1.22 bits per heavy atom. The van der Waals surface area contributed by atoms with Crippen LogP contribution in [0.15, 0.2) is 22.7 Å². The molecule has 0 unspecified atom stereocenters. The summed E-state index contributed by atoms with van der Waals surface area (Å²) in [4.78, 5) is 4.08. The monoisotopic (exact) mass is 253 g/mol. The molecule has 1 aromatic carbocycles. The van der Waals surface area contributed by atoms with Crippen molar-refractivity contribution in [3.63, 3.8) is 0 Å². The van der Waals surface area contributed by atoms with E-state index in [2.05, 4.69) is 10.1 Å². The molecule has 0 amide bonds. The van der Waals surface area contributed by atoms with E-state index in [4.69, 9.17) is 10.3 Å². The van der Waals surface area contributed by atoms with Gasteiger partial charge >= 0.3 is 0 Å². The summed E-state index contributed by atoms with van der Waals surface area (Å²) in [7, 11) is 0. The van der Waals surface area contributed by atoms with Gasteiger partial charge in [0.15, 0.2) is 11.6 Å². The van der Waals surface area contributed by atoms with Gasteiger partial charge in [-0.25, -0.2) is 8.78 Å². The van der Waals surface area contributed by atoms with E-state index in [1.165, 1.54) is 6.07 Å². The maximum absolute atomic E-state index is 13.1. The van der Waals surface area contributed by atoms with Crippen molar-refractivity contribution in [3.8, 4) is 11.4 Å². The fourth-order valence-corrected chi connectivity index (χ4v) is 1.41. The van der Waals surface area contributed by atoms with Gasteiger partial charge in [-0.1, -0.05) is 19.0 Å². The minimum Gasteiger partial charge on any atom is -0.337 e. The van der Waals surface area contributed by atoms with E-state index >= 15 is 0 Å². The first kappa shape index (κ1) is 12.6. The van der Waals surface area contributed by atoms with Gasteiger partial charge in [-0.2, -0.15) is 4.98 Å². The molecule has 1 atom stereocenters. The normalized spacial score (nSPS) is 13.0. The van der Waals surface area contributed by atoms with Gasteiger partial charge < -0.3 is 10.3 Å². The smallest absolute Gasteiger partial charge is 0.244 e. The van der Waals surface area contributed by atoms with Crippen LogP contribution in [-0.2, 0) is 0 Å². The number of hydrogen-bond acceptors (Lipinski definition) is 4. The van der Waals surface area contributed by atoms with Crippen LogP contribution in [0.5, 0.6) is 0 Å². The van der Waals surface area contributed by atoms with Crippen molar-refractivity contribution < 1.29 is 13.3 Å². The quantitative estimate of drug-likeness (QED) is 0.913. The van der Waals surface area contributed by atoms with E-state index in [1.807, 2.05) is 13.8 Å². The summed E-state index contributed by atoms with van der Waals surface area (Å²) in [6, 6.07) is 3.04. The third-order valence-electron chi connectivity index (χ3n) is 2.62. The molecule has 1 aromatic heterocycles. The molecular weight excluding hydrogens is 240 g/mol. The number of nitrogens with two attached hydrogens (primary N) is 1. The van der Waals surface area contributed by atoms with Crippen LogP contribution >= 0.6 is 0 Å². The predicted octanol–water partition coefficient (Wildman–Crippen LogP) is 2.67. The van der Waals surface area contributed by atoms with E-state index in [1.54, 1.807) is 0 Å². The van der Waals surface area contributed by atoms with Crippen LogP contribution in [0.4, 0.5) is 8.78 Å². The molecule has 0 aliphatic heterocycles. The second-order valence-corrected chi connectivity index (χ2v) is 4.35. The van der Waals surface area contributed by atoms with Crippen LogP contribution in [0.25, 0.3) is 11.4 Å². The third-order valence-corrected chi connectivity index (χ3v) is 2.62. The summed E-state index contributed by atoms with van der Waals surface area (Å²) < 4.78 is 30.9. The van der Waals surface area contributed by atoms with E-state index < -0.39 is 11.6 Å². The lowest BCUT2D eigenvalue weighted by atomic mass is 10.1. The second kappa shape index (κ2) is 4.81. The molecule has 1 heterocycles. The minimum atomic E-state index is -0.952. The van der Waals surface area contributed by atoms with Gasteiger partial charge in [0.1, 0.15) is 0 Å². The second-order valence-electron chi connectivity index (χ2n) is 4.35. The lowest BCUT2D eigenvalue weighted by Gasteiger charge is -2.09. The Hall–Kier alpha value is -1.82. The van der Waals surface area contributed by atoms with Gasteiger partial charge in [0.2, 0.25) is 11.7 Å². The molecule has 96 valence electrons. The summed E-state index contributed by atoms with van der Waals surface area (Å²) in [5.41, 5.74) is 6.20. The number of hydrogen-bond donors (Lipinski definition) is 1. The van der Waals surface area contributed by atoms with Gasteiger partial charge in [0.25, 0.3) is 0 Å². The van der Waals surface area contributed by atoms with Crippen molar-refractivity contribution in [3.05, 3.63) is 35.7 Å². The largest absolute Gasteiger partial charge is 0.337 e. The third kappa shape index (κ3) is 2.38. The number of rotatable bonds is 3. The summed E-state index contributed by atoms with van der Waals surface area (Å²) in [6.07, 6.45) is 0. The number of halogens is 2. The topological polar surface area (TPSA) is 64.9 Å². The lowest BCUT2D eigenvalue weighted by Crippen LogP contribution is -2.16. The van der Waals surface area contributed by atoms with Crippen LogP contribution < -0.4 is 5.73 Å². The van der Waals surface area contributed by atoms with Crippen LogP contribution in [-0.4, -0.2) is 10.1 Å². The van der Waals surface area contributed by atoms with Gasteiger partial charge in [0, 0.05) is 5.56 Å². The first-order valence-electron chi connectivity index (χ1n) is 5.53. The van der Waals surface area contributed by atoms with Crippen molar-refractivity contribution >= 4 is 0 Å². The van der Waals surface area contributed by atoms with E-state index in [9.17, 15) is 8.78 Å². The van der Waals surface area contributed by atoms with Crippen LogP contribution in [0.2, 0.25) is 0 Å². The maximum atomic E-state index is 13.1. The fourth-order valence-electron chi connectivity index (χ4n) is 1.41. The molecule has 2 N–H and O–H groups in total. The summed E-state index contributed by atoms with van der Waals surface area (Å²) >= 11 is 0. The molecule has 4 nitrogen and oxygen atoms in total.